The van der Waals surface area contributed by atoms with Crippen molar-refractivity contribution in [2.75, 3.05) is 11.5 Å². The fraction of sp³-hybridized carbons (Fsp3) is 0.286. The Labute approximate surface area is 145 Å². The van der Waals surface area contributed by atoms with Gasteiger partial charge in [0.1, 0.15) is 17.0 Å². The van der Waals surface area contributed by atoms with E-state index in [1.54, 1.807) is 6.92 Å². The Bertz CT molecular complexity index is 839. The molecule has 2 atom stereocenters. The number of nitro groups is 1. The topological polar surface area (TPSA) is 131 Å². The lowest BCUT2D eigenvalue weighted by molar-refractivity contribution is -0.384. The van der Waals surface area contributed by atoms with Crippen molar-refractivity contribution in [1.29, 1.82) is 0 Å². The Morgan fingerprint density at radius 2 is 2.16 bits per heavy atom. The Morgan fingerprint density at radius 1 is 1.44 bits per heavy atom. The molecule has 1 aromatic rings. The van der Waals surface area contributed by atoms with E-state index < -0.39 is 40.4 Å². The summed E-state index contributed by atoms with van der Waals surface area (Å²) in [6.07, 6.45) is 0. The largest absolute Gasteiger partial charge is 0.461 e. The predicted molar refractivity (Wildman–Crippen MR) is 85.1 cm³/mol. The van der Waals surface area contributed by atoms with E-state index in [4.69, 9.17) is 16.3 Å². The molecule has 1 saturated heterocycles. The third-order valence-corrected chi connectivity index (χ3v) is 4.11. The fourth-order valence-corrected chi connectivity index (χ4v) is 2.88. The number of nitro benzene ring substituents is 1. The number of hydrogen-bond acceptors (Lipinski definition) is 8. The number of ether oxygens (including phenoxy) is 1. The third kappa shape index (κ3) is 2.60. The average Bonchev–Trinajstić information content (AvgIpc) is 3.10. The summed E-state index contributed by atoms with van der Waals surface area (Å²) < 4.78 is 4.83. The molecule has 130 valence electrons. The molecule has 2 aliphatic heterocycles. The van der Waals surface area contributed by atoms with Gasteiger partial charge in [0.05, 0.1) is 17.2 Å². The number of carbonyl (C=O) groups is 3. The van der Waals surface area contributed by atoms with Crippen LogP contribution in [-0.2, 0) is 19.1 Å². The van der Waals surface area contributed by atoms with Crippen LogP contribution in [0.4, 0.5) is 11.4 Å². The average molecular weight is 367 g/mol. The van der Waals surface area contributed by atoms with Crippen molar-refractivity contribution in [1.82, 2.24) is 5.43 Å². The zero-order valence-corrected chi connectivity index (χ0v) is 13.5. The van der Waals surface area contributed by atoms with E-state index in [1.165, 1.54) is 12.1 Å². The summed E-state index contributed by atoms with van der Waals surface area (Å²) in [4.78, 5) is 48.1. The highest BCUT2D eigenvalue weighted by Crippen LogP contribution is 2.35. The van der Waals surface area contributed by atoms with E-state index in [0.29, 0.717) is 0 Å². The lowest BCUT2D eigenvalue weighted by atomic mass is 9.99. The molecule has 0 saturated carbocycles. The molecule has 0 unspecified atom stereocenters. The summed E-state index contributed by atoms with van der Waals surface area (Å²) in [5.41, 5.74) is 1.80. The zero-order chi connectivity index (χ0) is 18.3. The van der Waals surface area contributed by atoms with Gasteiger partial charge in [0.2, 0.25) is 5.91 Å². The van der Waals surface area contributed by atoms with Crippen LogP contribution in [0.2, 0.25) is 5.02 Å². The number of amides is 2. The number of imide groups is 1. The second kappa shape index (κ2) is 6.13. The Hall–Kier alpha value is -3.01. The second-order valence-electron chi connectivity index (χ2n) is 5.21. The molecule has 2 aliphatic rings. The van der Waals surface area contributed by atoms with Gasteiger partial charge >= 0.3 is 5.97 Å². The molecular weight excluding hydrogens is 356 g/mol. The molecule has 1 aromatic carbocycles. The summed E-state index contributed by atoms with van der Waals surface area (Å²) in [6, 6.07) is 2.51. The molecule has 1 fully saturated rings. The first-order valence-corrected chi connectivity index (χ1v) is 7.56. The molecule has 0 aliphatic carbocycles. The van der Waals surface area contributed by atoms with Gasteiger partial charge in [-0.2, -0.15) is 5.10 Å². The number of esters is 1. The van der Waals surface area contributed by atoms with E-state index in [1.807, 2.05) is 0 Å². The van der Waals surface area contributed by atoms with Crippen LogP contribution in [0.1, 0.15) is 6.92 Å². The number of nitrogens with one attached hydrogen (secondary N) is 1. The van der Waals surface area contributed by atoms with Crippen molar-refractivity contribution in [3.8, 4) is 0 Å². The Kier molecular flexibility index (Phi) is 4.13. The van der Waals surface area contributed by atoms with E-state index in [9.17, 15) is 24.5 Å². The van der Waals surface area contributed by atoms with Gasteiger partial charge in [0, 0.05) is 6.07 Å². The van der Waals surface area contributed by atoms with Gasteiger partial charge in [-0.3, -0.25) is 25.1 Å². The summed E-state index contributed by atoms with van der Waals surface area (Å²) in [6.45, 7) is 1.68. The lowest BCUT2D eigenvalue weighted by Crippen LogP contribution is -2.36. The molecular formula is C14H11ClN4O6. The van der Waals surface area contributed by atoms with Crippen LogP contribution in [0.5, 0.6) is 0 Å². The van der Waals surface area contributed by atoms with Crippen LogP contribution < -0.4 is 10.3 Å². The lowest BCUT2D eigenvalue weighted by Gasteiger charge is -2.15. The van der Waals surface area contributed by atoms with Crippen molar-refractivity contribution in [2.24, 2.45) is 11.0 Å². The van der Waals surface area contributed by atoms with E-state index in [0.717, 1.165) is 11.0 Å². The fourth-order valence-electron chi connectivity index (χ4n) is 2.70. The van der Waals surface area contributed by atoms with Gasteiger partial charge < -0.3 is 4.74 Å². The van der Waals surface area contributed by atoms with Crippen molar-refractivity contribution >= 4 is 46.5 Å². The minimum Gasteiger partial charge on any atom is -0.461 e. The quantitative estimate of drug-likeness (QED) is 0.357. The molecule has 0 bridgehead atoms. The van der Waals surface area contributed by atoms with Crippen molar-refractivity contribution in [2.45, 2.75) is 13.0 Å². The Balaban J connectivity index is 1.96. The summed E-state index contributed by atoms with van der Waals surface area (Å²) in [5, 5.41) is 14.6. The van der Waals surface area contributed by atoms with Crippen molar-refractivity contribution in [3.63, 3.8) is 0 Å². The normalized spacial score (nSPS) is 21.7. The van der Waals surface area contributed by atoms with Gasteiger partial charge in [-0.15, -0.1) is 0 Å². The highest BCUT2D eigenvalue weighted by Gasteiger charge is 2.55. The Morgan fingerprint density at radius 3 is 2.80 bits per heavy atom. The predicted octanol–water partition coefficient (Wildman–Crippen LogP) is 0.628. The number of hydrogen-bond donors (Lipinski definition) is 1. The molecule has 10 nitrogen and oxygen atoms in total. The monoisotopic (exact) mass is 366 g/mol. The van der Waals surface area contributed by atoms with Gasteiger partial charge in [0.15, 0.2) is 5.71 Å². The van der Waals surface area contributed by atoms with Crippen LogP contribution in [0.15, 0.2) is 23.3 Å². The number of benzene rings is 1. The van der Waals surface area contributed by atoms with E-state index in [-0.39, 0.29) is 23.0 Å². The van der Waals surface area contributed by atoms with E-state index in [2.05, 4.69) is 10.5 Å². The van der Waals surface area contributed by atoms with Crippen LogP contribution in [0, 0.1) is 16.0 Å². The summed E-state index contributed by atoms with van der Waals surface area (Å²) in [7, 11) is 0. The van der Waals surface area contributed by atoms with Crippen molar-refractivity contribution < 1.29 is 24.0 Å². The van der Waals surface area contributed by atoms with Gasteiger partial charge in [-0.25, -0.2) is 9.69 Å². The molecule has 25 heavy (non-hydrogen) atoms. The maximum atomic E-state index is 12.7. The summed E-state index contributed by atoms with van der Waals surface area (Å²) >= 11 is 5.74. The highest BCUT2D eigenvalue weighted by molar-refractivity contribution is 6.46. The van der Waals surface area contributed by atoms with Gasteiger partial charge in [-0.1, -0.05) is 11.6 Å². The molecule has 0 spiro atoms. The highest BCUT2D eigenvalue weighted by atomic mass is 35.5. The van der Waals surface area contributed by atoms with Crippen LogP contribution in [0.3, 0.4) is 0 Å². The number of rotatable bonds is 4. The molecule has 2 amide bonds. The first-order valence-electron chi connectivity index (χ1n) is 7.18. The zero-order valence-electron chi connectivity index (χ0n) is 12.8. The maximum Gasteiger partial charge on any atom is 0.355 e. The number of hydrazone groups is 1. The number of anilines is 1. The van der Waals surface area contributed by atoms with Crippen molar-refractivity contribution in [3.05, 3.63) is 33.3 Å². The third-order valence-electron chi connectivity index (χ3n) is 3.79. The van der Waals surface area contributed by atoms with E-state index >= 15 is 0 Å². The second-order valence-corrected chi connectivity index (χ2v) is 5.61. The van der Waals surface area contributed by atoms with Crippen LogP contribution in [-0.4, -0.2) is 41.1 Å². The molecule has 2 heterocycles. The first-order chi connectivity index (χ1) is 11.9. The standard InChI is InChI=1S/C14H11ClN4O6/c1-2-25-14(22)11-9-10(16-17-11)13(21)18(12(9)20)6-3-4-7(15)8(5-6)19(23)24/h3-5,9-10,16H,2H2,1H3/t9-,10-/m1/s1. The minimum atomic E-state index is -1.14. The number of nitrogens with zero attached hydrogens (tertiary/aromatic N) is 3. The smallest absolute Gasteiger partial charge is 0.355 e. The number of halogens is 1. The first kappa shape index (κ1) is 16.8. The molecule has 0 aromatic heterocycles. The maximum absolute atomic E-state index is 12.7. The van der Waals surface area contributed by atoms with Gasteiger partial charge in [0.25, 0.3) is 11.6 Å². The SMILES string of the molecule is CCOC(=O)C1=NN[C@H]2C(=O)N(c3ccc(Cl)c([N+](=O)[O-])c3)C(=O)[C@@H]12. The molecule has 0 radical (unpaired) electrons. The van der Waals surface area contributed by atoms with Gasteiger partial charge in [-0.05, 0) is 19.1 Å². The molecule has 11 heteroatoms. The summed E-state index contributed by atoms with van der Waals surface area (Å²) in [5.74, 6) is -3.33. The number of carbonyl (C=O) groups excluding carboxylic acids is 3. The van der Waals surface area contributed by atoms with Crippen LogP contribution >= 0.6 is 11.6 Å². The van der Waals surface area contributed by atoms with Crippen LogP contribution in [0.25, 0.3) is 0 Å². The molecule has 3 rings (SSSR count). The number of fused-ring (bicyclic) bond motifs is 1. The minimum absolute atomic E-state index is 0.00879. The molecule has 1 N–H and O–H groups in total.